The number of aliphatic imine (C=N–C) groups is 1. The molecule has 0 atom stereocenters. The summed E-state index contributed by atoms with van der Waals surface area (Å²) < 4.78 is 21.5. The molecule has 0 saturated carbocycles. The van der Waals surface area contributed by atoms with Gasteiger partial charge in [0.25, 0.3) is 11.1 Å². The third kappa shape index (κ3) is 21.0. The molecule has 5 fully saturated rings. The van der Waals surface area contributed by atoms with Gasteiger partial charge in [-0.3, -0.25) is 29.9 Å². The lowest BCUT2D eigenvalue weighted by Gasteiger charge is -2.40. The first-order valence-corrected chi connectivity index (χ1v) is 35.3. The summed E-state index contributed by atoms with van der Waals surface area (Å²) in [6, 6.07) is 3.47. The number of aromatic amines is 5. The van der Waals surface area contributed by atoms with E-state index in [1.54, 1.807) is 36.9 Å². The van der Waals surface area contributed by atoms with E-state index in [2.05, 4.69) is 92.5 Å². The van der Waals surface area contributed by atoms with E-state index < -0.39 is 17.3 Å². The van der Waals surface area contributed by atoms with Crippen molar-refractivity contribution >= 4 is 116 Å². The average Bonchev–Trinajstić information content (AvgIpc) is 1.64. The number of H-pyrrole nitrogens is 5. The normalized spacial score (nSPS) is 18.1. The summed E-state index contributed by atoms with van der Waals surface area (Å²) >= 11 is 19.9. The van der Waals surface area contributed by atoms with Gasteiger partial charge in [0.05, 0.1) is 30.8 Å². The molecule has 32 heteroatoms. The fourth-order valence-corrected chi connectivity index (χ4v) is 13.2. The van der Waals surface area contributed by atoms with Crippen LogP contribution in [0.4, 0.5) is 27.0 Å². The monoisotopic (exact) mass is 1420 g/mol. The molecule has 0 bridgehead atoms. The number of nitrogens with zero attached hydrogens (tertiary/aromatic N) is 11. The number of amides is 2. The molecule has 27 nitrogen and oxygen atoms in total. The fourth-order valence-electron chi connectivity index (χ4n) is 10.8. The molecule has 13 rings (SSSR count). The lowest BCUT2D eigenvalue weighted by Crippen LogP contribution is -2.54. The first-order valence-electron chi connectivity index (χ1n) is 32.5. The number of nitrogens with two attached hydrogens (primary N) is 1. The van der Waals surface area contributed by atoms with Gasteiger partial charge in [0.1, 0.15) is 65.1 Å². The van der Waals surface area contributed by atoms with Crippen molar-refractivity contribution in [2.75, 3.05) is 80.4 Å². The number of rotatable bonds is 8. The summed E-state index contributed by atoms with van der Waals surface area (Å²) in [7, 11) is 0. The van der Waals surface area contributed by atoms with Gasteiger partial charge >= 0.3 is 12.2 Å². The lowest BCUT2D eigenvalue weighted by molar-refractivity contribution is 0.0435. The number of carbonyl (C=O) groups is 2. The second kappa shape index (κ2) is 32.6. The predicted octanol–water partition coefficient (Wildman–Crippen LogP) is 11.2. The number of hydrogen-bond acceptors (Lipinski definition) is 23. The van der Waals surface area contributed by atoms with Gasteiger partial charge in [0.2, 0.25) is 0 Å². The van der Waals surface area contributed by atoms with Crippen molar-refractivity contribution in [1.82, 2.24) is 70.9 Å². The highest BCUT2D eigenvalue weighted by atomic mass is 35.5. The number of pyridine rings is 2. The van der Waals surface area contributed by atoms with Crippen LogP contribution in [0.2, 0.25) is 10.0 Å². The maximum atomic E-state index is 12.2. The Bertz CT molecular complexity index is 3950. The standard InChI is InChI=1S/C21H26ClN7O3S.C17H19ClN6OS.C16H24N6O2S.2C5H10O/c1-20(2,3)32-19(31)26-21(4)6-9-29(10-7-21)13-11-24-15-16(25-13)27-28-18(15)33-12-5-8-23-17(30)14(12)22;1-17(19)3-6-24(7-4-17)12-9-21-14-10(23-12)8-22-16(14)26-11-2-5-20-15(25)13(11)18;1-15(2,3)24-14(23)19-16(4)5-7-22(8-6-16)10-9-17-11-12(18-10)20-21-13(11)25;2*1-2-4-6-5-3-1/h5,8,11H,6-7,9-10H2,1-4H3,(H,23,30)(H,26,31)(H,25,27,28);2,5,9H,3-4,6-8,19H2,1H3,(H,20,25);9H,5-8H2,1-4H3,(H,19,23)(H2,18,20,21,25);2*1-5H2. The minimum Gasteiger partial charge on any atom is -0.444 e. The van der Waals surface area contributed by atoms with Gasteiger partial charge in [-0.15, -0.1) is 0 Å². The van der Waals surface area contributed by atoms with Crippen LogP contribution in [-0.2, 0) is 25.5 Å². The summed E-state index contributed by atoms with van der Waals surface area (Å²) in [6.07, 6.45) is 20.4. The van der Waals surface area contributed by atoms with E-state index in [-0.39, 0.29) is 43.9 Å². The molecule has 96 heavy (non-hydrogen) atoms. The lowest BCUT2D eigenvalue weighted by atomic mass is 9.90. The quantitative estimate of drug-likeness (QED) is 0.0655. The zero-order valence-electron chi connectivity index (χ0n) is 56.0. The van der Waals surface area contributed by atoms with E-state index in [4.69, 9.17) is 65.1 Å². The Morgan fingerprint density at radius 2 is 1.07 bits per heavy atom. The molecule has 7 aromatic heterocycles. The number of anilines is 3. The molecule has 2 amide bonds. The van der Waals surface area contributed by atoms with Crippen molar-refractivity contribution in [3.63, 3.8) is 0 Å². The topological polar surface area (TPSA) is 347 Å². The van der Waals surface area contributed by atoms with Crippen LogP contribution in [0.25, 0.3) is 22.3 Å². The number of hydrogen-bond donors (Lipinski definition) is 8. The van der Waals surface area contributed by atoms with Crippen molar-refractivity contribution in [2.24, 2.45) is 10.7 Å². The highest BCUT2D eigenvalue weighted by molar-refractivity contribution is 8.14. The number of piperidine rings is 3. The van der Waals surface area contributed by atoms with Crippen LogP contribution in [-0.4, -0.2) is 171 Å². The van der Waals surface area contributed by atoms with Crippen LogP contribution in [0.3, 0.4) is 0 Å². The van der Waals surface area contributed by atoms with E-state index >= 15 is 0 Å². The molecule has 520 valence electrons. The second-order valence-corrected chi connectivity index (χ2v) is 30.3. The van der Waals surface area contributed by atoms with Crippen LogP contribution < -0.4 is 42.2 Å². The SMILES string of the molecule is C1CCOCC1.C1CCOCC1.CC1(N)CCN(c2cnc3c(n2)CN=C3Sc2cc[nH]c(=O)c2Cl)CC1.CC1(NC(=O)OC(C)(C)C)CCN(c2cnc3c(=S)[nH][nH]c3n2)CC1.CC1(NC(=O)OC(C)(C)C)CCN(c2cnc3c(Sc4cc[nH]c(=O)c4Cl)n[nH]c3n2)CC1. The van der Waals surface area contributed by atoms with E-state index in [1.807, 2.05) is 55.4 Å². The number of fused-ring (bicyclic) bond motifs is 3. The number of alkyl carbamates (subject to hydrolysis) is 2. The number of aromatic nitrogens is 12. The number of ether oxygens (including phenoxy) is 4. The number of carbonyl (C=O) groups excluding carboxylic acids is 2. The molecule has 0 aliphatic carbocycles. The van der Waals surface area contributed by atoms with Crippen LogP contribution in [0.1, 0.15) is 151 Å². The zero-order chi connectivity index (χ0) is 68.8. The summed E-state index contributed by atoms with van der Waals surface area (Å²) in [5.41, 5.74) is 7.88. The second-order valence-electron chi connectivity index (χ2n) is 27.1. The Labute approximate surface area is 581 Å². The zero-order valence-corrected chi connectivity index (χ0v) is 60.0. The maximum absolute atomic E-state index is 12.2. The van der Waals surface area contributed by atoms with E-state index in [0.717, 1.165) is 125 Å². The molecule has 9 N–H and O–H groups in total. The summed E-state index contributed by atoms with van der Waals surface area (Å²) in [6.45, 7) is 26.5. The van der Waals surface area contributed by atoms with Gasteiger partial charge < -0.3 is 60.0 Å². The molecule has 5 saturated heterocycles. The number of nitrogens with one attached hydrogen (secondary N) is 7. The molecular formula is C64H89Cl2N19O8S3. The summed E-state index contributed by atoms with van der Waals surface area (Å²) in [4.78, 5) is 92.5. The molecular weight excluding hydrogens is 1330 g/mol. The molecule has 6 aliphatic heterocycles. The van der Waals surface area contributed by atoms with Crippen molar-refractivity contribution in [3.8, 4) is 0 Å². The van der Waals surface area contributed by atoms with Gasteiger partial charge in [-0.2, -0.15) is 5.10 Å². The van der Waals surface area contributed by atoms with Crippen LogP contribution in [0, 0.1) is 4.64 Å². The minimum atomic E-state index is -0.533. The molecule has 0 radical (unpaired) electrons. The van der Waals surface area contributed by atoms with E-state index in [0.29, 0.717) is 61.4 Å². The first kappa shape index (κ1) is 73.3. The van der Waals surface area contributed by atoms with Gasteiger partial charge in [-0.1, -0.05) is 58.9 Å². The third-order valence-corrected chi connectivity index (χ3v) is 19.8. The Morgan fingerprint density at radius 1 is 0.625 bits per heavy atom. The third-order valence-electron chi connectivity index (χ3n) is 16.4. The Balaban J connectivity index is 0.000000156. The van der Waals surface area contributed by atoms with Gasteiger partial charge in [-0.25, -0.2) is 39.5 Å². The van der Waals surface area contributed by atoms with Crippen molar-refractivity contribution in [2.45, 2.75) is 189 Å². The number of thioether (sulfide) groups is 1. The minimum absolute atomic E-state index is 0.0969. The molecule has 13 heterocycles. The predicted molar refractivity (Wildman–Crippen MR) is 379 cm³/mol. The highest BCUT2D eigenvalue weighted by Crippen LogP contribution is 2.36. The Morgan fingerprint density at radius 3 is 1.54 bits per heavy atom. The molecule has 7 aromatic rings. The first-order chi connectivity index (χ1) is 45.6. The van der Waals surface area contributed by atoms with Gasteiger partial charge in [-0.05, 0) is 151 Å². The van der Waals surface area contributed by atoms with E-state index in [9.17, 15) is 19.2 Å². The van der Waals surface area contributed by atoms with Gasteiger partial charge in [0.15, 0.2) is 16.3 Å². The van der Waals surface area contributed by atoms with Crippen LogP contribution >= 0.6 is 58.9 Å². The number of halogens is 2. The molecule has 0 aromatic carbocycles. The van der Waals surface area contributed by atoms with E-state index in [1.165, 1.54) is 68.2 Å². The fraction of sp³-hybridized carbons (Fsp3) is 0.578. The smallest absolute Gasteiger partial charge is 0.408 e. The average molecular weight is 1420 g/mol. The molecule has 6 aliphatic rings. The van der Waals surface area contributed by atoms with Crippen molar-refractivity contribution in [3.05, 3.63) is 89.9 Å². The summed E-state index contributed by atoms with van der Waals surface area (Å²) in [5.74, 6) is 2.41. The van der Waals surface area contributed by atoms with Crippen molar-refractivity contribution < 1.29 is 28.5 Å². The van der Waals surface area contributed by atoms with Crippen molar-refractivity contribution in [1.29, 1.82) is 0 Å². The highest BCUT2D eigenvalue weighted by Gasteiger charge is 2.36. The van der Waals surface area contributed by atoms with Crippen LogP contribution in [0.5, 0.6) is 0 Å². The maximum Gasteiger partial charge on any atom is 0.408 e. The largest absolute Gasteiger partial charge is 0.444 e. The Kier molecular flexibility index (Phi) is 24.9. The van der Waals surface area contributed by atoms with Gasteiger partial charge in [0, 0.05) is 104 Å². The summed E-state index contributed by atoms with van der Waals surface area (Å²) in [5, 5.41) is 20.6. The molecule has 0 unspecified atom stereocenters. The molecule has 0 spiro atoms. The van der Waals surface area contributed by atoms with Crippen LogP contribution in [0.15, 0.2) is 72.5 Å². The Hall–Kier alpha value is -6.93.